The molecule has 1 aromatic heterocycles. The molecular formula is C27H26N2O3. The van der Waals surface area contributed by atoms with Crippen molar-refractivity contribution >= 4 is 16.8 Å². The van der Waals surface area contributed by atoms with Gasteiger partial charge in [0, 0.05) is 28.7 Å². The topological polar surface area (TPSA) is 54.6 Å². The minimum atomic E-state index is -0.231. The zero-order valence-electron chi connectivity index (χ0n) is 18.3. The number of nitrogens with one attached hydrogen (secondary N) is 1. The van der Waals surface area contributed by atoms with Crippen molar-refractivity contribution in [2.24, 2.45) is 0 Å². The van der Waals surface area contributed by atoms with Gasteiger partial charge in [-0.3, -0.25) is 4.79 Å². The van der Waals surface area contributed by atoms with Gasteiger partial charge in [0.2, 0.25) is 0 Å². The molecule has 5 rings (SSSR count). The molecule has 0 saturated heterocycles. The van der Waals surface area contributed by atoms with Gasteiger partial charge in [-0.25, -0.2) is 0 Å². The number of amides is 1. The van der Waals surface area contributed by atoms with Crippen molar-refractivity contribution in [1.82, 2.24) is 9.88 Å². The lowest BCUT2D eigenvalue weighted by Gasteiger charge is -2.36. The van der Waals surface area contributed by atoms with Gasteiger partial charge in [-0.1, -0.05) is 36.4 Å². The van der Waals surface area contributed by atoms with Crippen molar-refractivity contribution in [2.75, 3.05) is 20.3 Å². The molecule has 3 aromatic carbocycles. The van der Waals surface area contributed by atoms with Crippen LogP contribution in [-0.4, -0.2) is 36.1 Å². The molecule has 0 bridgehead atoms. The molecule has 5 nitrogen and oxygen atoms in total. The summed E-state index contributed by atoms with van der Waals surface area (Å²) in [7, 11) is 1.61. The fourth-order valence-electron chi connectivity index (χ4n) is 4.67. The number of carbonyl (C=O) groups is 1. The molecule has 5 heteroatoms. The molecule has 1 N–H and O–H groups in total. The molecule has 0 fully saturated rings. The van der Waals surface area contributed by atoms with Gasteiger partial charge in [-0.2, -0.15) is 0 Å². The lowest BCUT2D eigenvalue weighted by atomic mass is 9.91. The van der Waals surface area contributed by atoms with E-state index in [0.29, 0.717) is 24.5 Å². The molecule has 4 aromatic rings. The summed E-state index contributed by atoms with van der Waals surface area (Å²) >= 11 is 0. The van der Waals surface area contributed by atoms with Crippen LogP contribution in [-0.2, 0) is 6.42 Å². The molecule has 162 valence electrons. The van der Waals surface area contributed by atoms with Crippen molar-refractivity contribution in [3.8, 4) is 11.5 Å². The summed E-state index contributed by atoms with van der Waals surface area (Å²) in [6.45, 7) is 3.20. The smallest absolute Gasteiger partial charge is 0.254 e. The Morgan fingerprint density at radius 2 is 1.84 bits per heavy atom. The number of carbonyl (C=O) groups excluding carboxylic acids is 1. The van der Waals surface area contributed by atoms with Crippen LogP contribution >= 0.6 is 0 Å². The van der Waals surface area contributed by atoms with E-state index >= 15 is 0 Å². The van der Waals surface area contributed by atoms with Crippen molar-refractivity contribution in [2.45, 2.75) is 19.4 Å². The molecular weight excluding hydrogens is 400 g/mol. The lowest BCUT2D eigenvalue weighted by Crippen LogP contribution is -2.40. The average molecular weight is 427 g/mol. The zero-order valence-corrected chi connectivity index (χ0v) is 18.3. The van der Waals surface area contributed by atoms with Gasteiger partial charge < -0.3 is 19.4 Å². The van der Waals surface area contributed by atoms with Crippen LogP contribution in [0.15, 0.2) is 72.8 Å². The summed E-state index contributed by atoms with van der Waals surface area (Å²) in [5.41, 5.74) is 5.10. The number of fused-ring (bicyclic) bond motifs is 3. The first-order valence-corrected chi connectivity index (χ1v) is 11.0. The van der Waals surface area contributed by atoms with Crippen molar-refractivity contribution < 1.29 is 14.3 Å². The highest BCUT2D eigenvalue weighted by atomic mass is 16.5. The molecule has 0 spiro atoms. The van der Waals surface area contributed by atoms with Gasteiger partial charge in [0.15, 0.2) is 0 Å². The number of benzene rings is 3. The first-order chi connectivity index (χ1) is 15.7. The number of hydrogen-bond acceptors (Lipinski definition) is 3. The van der Waals surface area contributed by atoms with E-state index in [1.54, 1.807) is 13.2 Å². The standard InChI is InChI=1S/C27H26N2O3/c1-3-32-21-11-6-8-18(16-21)26-25-23(22-12-4-5-13-24(22)28-25)14-15-29(26)27(30)19-9-7-10-20(17-19)31-2/h4-13,16-17,26,28H,3,14-15H2,1-2H3/t26-/m1/s1. The predicted molar refractivity (Wildman–Crippen MR) is 125 cm³/mol. The number of ether oxygens (including phenoxy) is 2. The Morgan fingerprint density at radius 3 is 2.69 bits per heavy atom. The van der Waals surface area contributed by atoms with Crippen LogP contribution in [0.2, 0.25) is 0 Å². The largest absolute Gasteiger partial charge is 0.497 e. The number of para-hydroxylation sites is 1. The summed E-state index contributed by atoms with van der Waals surface area (Å²) in [6, 6.07) is 23.5. The van der Waals surface area contributed by atoms with E-state index in [4.69, 9.17) is 9.47 Å². The molecule has 1 amide bonds. The van der Waals surface area contributed by atoms with E-state index in [1.165, 1.54) is 10.9 Å². The van der Waals surface area contributed by atoms with E-state index < -0.39 is 0 Å². The van der Waals surface area contributed by atoms with E-state index in [0.717, 1.165) is 28.9 Å². The van der Waals surface area contributed by atoms with E-state index in [2.05, 4.69) is 29.2 Å². The fraction of sp³-hybridized carbons (Fsp3) is 0.222. The third-order valence-corrected chi connectivity index (χ3v) is 6.10. The number of aromatic amines is 1. The highest BCUT2D eigenvalue weighted by Crippen LogP contribution is 2.40. The van der Waals surface area contributed by atoms with Gasteiger partial charge in [0.25, 0.3) is 5.91 Å². The molecule has 0 unspecified atom stereocenters. The van der Waals surface area contributed by atoms with Crippen LogP contribution in [0.3, 0.4) is 0 Å². The molecule has 0 radical (unpaired) electrons. The highest BCUT2D eigenvalue weighted by Gasteiger charge is 2.35. The normalized spacial score (nSPS) is 15.4. The minimum absolute atomic E-state index is 0.0139. The van der Waals surface area contributed by atoms with E-state index in [9.17, 15) is 4.79 Å². The molecule has 1 atom stereocenters. The quantitative estimate of drug-likeness (QED) is 0.467. The van der Waals surface area contributed by atoms with Gasteiger partial charge in [-0.15, -0.1) is 0 Å². The number of hydrogen-bond donors (Lipinski definition) is 1. The summed E-state index contributed by atoms with van der Waals surface area (Å²) in [6.07, 6.45) is 0.802. The maximum Gasteiger partial charge on any atom is 0.254 e. The Labute approximate surface area is 187 Å². The third kappa shape index (κ3) is 3.50. The zero-order chi connectivity index (χ0) is 22.1. The summed E-state index contributed by atoms with van der Waals surface area (Å²) in [5.74, 6) is 1.47. The van der Waals surface area contributed by atoms with Crippen LogP contribution in [0, 0.1) is 0 Å². The van der Waals surface area contributed by atoms with Crippen LogP contribution in [0.1, 0.15) is 40.1 Å². The Bertz CT molecular complexity index is 1280. The highest BCUT2D eigenvalue weighted by molar-refractivity contribution is 5.96. The lowest BCUT2D eigenvalue weighted by molar-refractivity contribution is 0.0691. The van der Waals surface area contributed by atoms with Crippen LogP contribution in [0.5, 0.6) is 11.5 Å². The maximum absolute atomic E-state index is 13.7. The molecule has 0 aliphatic carbocycles. The Kier molecular flexibility index (Phi) is 5.31. The van der Waals surface area contributed by atoms with Gasteiger partial charge in [0.1, 0.15) is 11.5 Å². The minimum Gasteiger partial charge on any atom is -0.497 e. The van der Waals surface area contributed by atoms with Crippen molar-refractivity contribution in [3.05, 3.63) is 95.2 Å². The van der Waals surface area contributed by atoms with Crippen LogP contribution < -0.4 is 9.47 Å². The molecule has 2 heterocycles. The van der Waals surface area contributed by atoms with Crippen molar-refractivity contribution in [3.63, 3.8) is 0 Å². The second-order valence-corrected chi connectivity index (χ2v) is 7.95. The van der Waals surface area contributed by atoms with E-state index in [-0.39, 0.29) is 11.9 Å². The number of H-pyrrole nitrogens is 1. The summed E-state index contributed by atoms with van der Waals surface area (Å²) in [4.78, 5) is 19.3. The molecule has 0 saturated carbocycles. The van der Waals surface area contributed by atoms with Crippen LogP contribution in [0.25, 0.3) is 10.9 Å². The average Bonchev–Trinajstić information content (AvgIpc) is 3.22. The summed E-state index contributed by atoms with van der Waals surface area (Å²) < 4.78 is 11.1. The number of rotatable bonds is 5. The maximum atomic E-state index is 13.7. The first-order valence-electron chi connectivity index (χ1n) is 11.0. The predicted octanol–water partition coefficient (Wildman–Crippen LogP) is 5.36. The Hall–Kier alpha value is -3.73. The number of nitrogens with zero attached hydrogens (tertiary/aromatic N) is 1. The van der Waals surface area contributed by atoms with Gasteiger partial charge in [0.05, 0.1) is 19.8 Å². The van der Waals surface area contributed by atoms with Gasteiger partial charge >= 0.3 is 0 Å². The summed E-state index contributed by atoms with van der Waals surface area (Å²) in [5, 5.41) is 1.22. The Balaban J connectivity index is 1.64. The second kappa shape index (κ2) is 8.42. The monoisotopic (exact) mass is 426 g/mol. The SMILES string of the molecule is CCOc1cccc([C@@H]2c3[nH]c4ccccc4c3CCN2C(=O)c2cccc(OC)c2)c1. The molecule has 32 heavy (non-hydrogen) atoms. The molecule has 1 aliphatic rings. The number of methoxy groups -OCH3 is 1. The van der Waals surface area contributed by atoms with Crippen molar-refractivity contribution in [1.29, 1.82) is 0 Å². The van der Waals surface area contributed by atoms with Gasteiger partial charge in [-0.05, 0) is 60.9 Å². The van der Waals surface area contributed by atoms with E-state index in [1.807, 2.05) is 54.3 Å². The first kappa shape index (κ1) is 20.2. The van der Waals surface area contributed by atoms with Crippen LogP contribution in [0.4, 0.5) is 0 Å². The Morgan fingerprint density at radius 1 is 1.03 bits per heavy atom. The fourth-order valence-corrected chi connectivity index (χ4v) is 4.67. The number of aromatic nitrogens is 1. The second-order valence-electron chi connectivity index (χ2n) is 7.95. The molecule has 1 aliphatic heterocycles. The third-order valence-electron chi connectivity index (χ3n) is 6.10.